The summed E-state index contributed by atoms with van der Waals surface area (Å²) in [4.78, 5) is 14.6. The molecule has 9 heteroatoms. The highest BCUT2D eigenvalue weighted by atomic mass is 35.5. The minimum atomic E-state index is -3.41. The fourth-order valence-electron chi connectivity index (χ4n) is 3.97. The lowest BCUT2D eigenvalue weighted by Crippen LogP contribution is -2.43. The Morgan fingerprint density at radius 1 is 1.32 bits per heavy atom. The highest BCUT2D eigenvalue weighted by Crippen LogP contribution is 2.41. The number of benzene rings is 1. The van der Waals surface area contributed by atoms with Gasteiger partial charge in [-0.25, -0.2) is 0 Å². The van der Waals surface area contributed by atoms with E-state index in [1.807, 2.05) is 6.92 Å². The normalized spacial score (nSPS) is 23.7. The molecule has 1 aromatic carbocycles. The second-order valence-electron chi connectivity index (χ2n) is 7.39. The number of aryl methyl sites for hydroxylation is 1. The third kappa shape index (κ3) is 3.09. The second-order valence-corrected chi connectivity index (χ2v) is 8.21. The van der Waals surface area contributed by atoms with Gasteiger partial charge in [-0.15, -0.1) is 0 Å². The Balaban J connectivity index is 1.72. The Labute approximate surface area is 170 Å². The first kappa shape index (κ1) is 19.6. The maximum absolute atomic E-state index is 14.9. The van der Waals surface area contributed by atoms with Crippen LogP contribution in [0.15, 0.2) is 18.2 Å². The molecule has 28 heavy (non-hydrogen) atoms. The zero-order valence-electron chi connectivity index (χ0n) is 15.1. The number of halogens is 4. The first-order chi connectivity index (χ1) is 13.2. The average Bonchev–Trinajstić information content (AvgIpc) is 2.95. The van der Waals surface area contributed by atoms with Gasteiger partial charge in [-0.2, -0.15) is 13.9 Å². The number of alkyl halides is 2. The van der Waals surface area contributed by atoms with Gasteiger partial charge in [0, 0.05) is 30.1 Å². The minimum absolute atomic E-state index is 0.00716. The van der Waals surface area contributed by atoms with Crippen molar-refractivity contribution < 1.29 is 18.7 Å². The van der Waals surface area contributed by atoms with E-state index in [0.29, 0.717) is 41.2 Å². The van der Waals surface area contributed by atoms with Crippen molar-refractivity contribution in [1.82, 2.24) is 14.7 Å². The van der Waals surface area contributed by atoms with Gasteiger partial charge in [0.15, 0.2) is 0 Å². The van der Waals surface area contributed by atoms with E-state index in [-0.39, 0.29) is 35.6 Å². The molecule has 0 bridgehead atoms. The molecular weight excluding hydrogens is 411 g/mol. The number of aliphatic hydroxyl groups excluding tert-OH is 1. The van der Waals surface area contributed by atoms with Crippen molar-refractivity contribution in [2.75, 3.05) is 0 Å². The van der Waals surface area contributed by atoms with Crippen LogP contribution in [0.3, 0.4) is 0 Å². The Bertz CT molecular complexity index is 948. The van der Waals surface area contributed by atoms with Crippen LogP contribution >= 0.6 is 23.2 Å². The number of amides is 1. The van der Waals surface area contributed by atoms with Crippen LogP contribution in [-0.2, 0) is 25.4 Å². The summed E-state index contributed by atoms with van der Waals surface area (Å²) in [6.45, 7) is 2.19. The topological polar surface area (TPSA) is 58.4 Å². The molecular formula is C19H19Cl2F2N3O2. The number of nitrogens with zero attached hydrogens (tertiary/aromatic N) is 3. The van der Waals surface area contributed by atoms with Gasteiger partial charge in [-0.1, -0.05) is 23.2 Å². The van der Waals surface area contributed by atoms with Gasteiger partial charge in [0.2, 0.25) is 0 Å². The van der Waals surface area contributed by atoms with Crippen molar-refractivity contribution in [1.29, 1.82) is 0 Å². The number of carbonyl (C=O) groups is 1. The van der Waals surface area contributed by atoms with E-state index in [0.717, 1.165) is 0 Å². The summed E-state index contributed by atoms with van der Waals surface area (Å²) in [5.74, 6) is -3.72. The molecule has 2 aromatic rings. The first-order valence-electron chi connectivity index (χ1n) is 9.11. The molecule has 2 atom stereocenters. The van der Waals surface area contributed by atoms with E-state index in [1.54, 1.807) is 6.07 Å². The molecule has 1 N–H and O–H groups in total. The average molecular weight is 430 g/mol. The summed E-state index contributed by atoms with van der Waals surface area (Å²) < 4.78 is 31.0. The fourth-order valence-corrected chi connectivity index (χ4v) is 4.27. The van der Waals surface area contributed by atoms with E-state index in [1.165, 1.54) is 21.7 Å². The quantitative estimate of drug-likeness (QED) is 0.744. The summed E-state index contributed by atoms with van der Waals surface area (Å²) in [5, 5.41) is 14.9. The zero-order chi connectivity index (χ0) is 20.2. The SMILES string of the molecule is C[C@@H]1Cc2nn3c(c2CN1C(=O)c1ccc(Cl)c(Cl)c1)C(F)(F)C(O)CCC3. The molecule has 4 rings (SSSR count). The van der Waals surface area contributed by atoms with Crippen molar-refractivity contribution in [3.63, 3.8) is 0 Å². The monoisotopic (exact) mass is 429 g/mol. The van der Waals surface area contributed by atoms with E-state index >= 15 is 0 Å². The molecule has 1 amide bonds. The van der Waals surface area contributed by atoms with E-state index in [2.05, 4.69) is 5.10 Å². The predicted molar refractivity (Wildman–Crippen MR) is 101 cm³/mol. The molecule has 5 nitrogen and oxygen atoms in total. The molecule has 0 saturated heterocycles. The van der Waals surface area contributed by atoms with Crippen molar-refractivity contribution in [2.24, 2.45) is 0 Å². The second kappa shape index (κ2) is 6.97. The van der Waals surface area contributed by atoms with Gasteiger partial charge in [0.1, 0.15) is 11.8 Å². The van der Waals surface area contributed by atoms with Crippen LogP contribution in [0.25, 0.3) is 0 Å². The minimum Gasteiger partial charge on any atom is -0.386 e. The molecule has 0 aliphatic carbocycles. The Morgan fingerprint density at radius 2 is 2.07 bits per heavy atom. The Hall–Kier alpha value is -1.70. The van der Waals surface area contributed by atoms with Crippen LogP contribution < -0.4 is 0 Å². The number of hydrogen-bond donors (Lipinski definition) is 1. The van der Waals surface area contributed by atoms with Crippen LogP contribution in [0.5, 0.6) is 0 Å². The van der Waals surface area contributed by atoms with Crippen LogP contribution in [0.1, 0.15) is 47.1 Å². The highest BCUT2D eigenvalue weighted by Gasteiger charge is 2.48. The van der Waals surface area contributed by atoms with Gasteiger partial charge in [0.05, 0.1) is 22.3 Å². The van der Waals surface area contributed by atoms with E-state index in [4.69, 9.17) is 23.2 Å². The number of carbonyl (C=O) groups excluding carboxylic acids is 1. The third-order valence-corrected chi connectivity index (χ3v) is 6.23. The molecule has 1 aromatic heterocycles. The first-order valence-corrected chi connectivity index (χ1v) is 9.86. The van der Waals surface area contributed by atoms with Crippen LogP contribution in [0, 0.1) is 0 Å². The van der Waals surface area contributed by atoms with Crippen molar-refractivity contribution >= 4 is 29.1 Å². The molecule has 0 fully saturated rings. The van der Waals surface area contributed by atoms with Crippen molar-refractivity contribution in [3.05, 3.63) is 50.8 Å². The van der Waals surface area contributed by atoms with Crippen LogP contribution in [-0.4, -0.2) is 37.8 Å². The van der Waals surface area contributed by atoms with Gasteiger partial charge in [-0.3, -0.25) is 9.48 Å². The fraction of sp³-hybridized carbons (Fsp3) is 0.474. The summed E-state index contributed by atoms with van der Waals surface area (Å²) in [6.07, 6.45) is -0.957. The predicted octanol–water partition coefficient (Wildman–Crippen LogP) is 4.02. The van der Waals surface area contributed by atoms with Crippen LogP contribution in [0.4, 0.5) is 8.78 Å². The third-order valence-electron chi connectivity index (χ3n) is 5.49. The molecule has 0 spiro atoms. The van der Waals surface area contributed by atoms with E-state index in [9.17, 15) is 18.7 Å². The smallest absolute Gasteiger partial charge is 0.314 e. The summed E-state index contributed by atoms with van der Waals surface area (Å²) in [7, 11) is 0. The lowest BCUT2D eigenvalue weighted by Gasteiger charge is -2.34. The Kier molecular flexibility index (Phi) is 4.88. The van der Waals surface area contributed by atoms with Gasteiger partial charge in [-0.05, 0) is 38.0 Å². The molecule has 3 heterocycles. The standard InChI is InChI=1S/C19H19Cl2F2N3O2/c1-10-7-15-12(17-19(22,23)16(27)3-2-6-26(17)24-15)9-25(10)18(28)11-4-5-13(20)14(21)8-11/h4-5,8,10,16,27H,2-3,6-7,9H2,1H3/t10-,16?/m1/s1. The van der Waals surface area contributed by atoms with Gasteiger partial charge >= 0.3 is 5.92 Å². The molecule has 0 radical (unpaired) electrons. The van der Waals surface area contributed by atoms with E-state index < -0.39 is 12.0 Å². The maximum Gasteiger partial charge on any atom is 0.314 e. The lowest BCUT2D eigenvalue weighted by atomic mass is 9.95. The number of aliphatic hydroxyl groups is 1. The summed E-state index contributed by atoms with van der Waals surface area (Å²) in [6, 6.07) is 4.36. The maximum atomic E-state index is 14.9. The molecule has 150 valence electrons. The zero-order valence-corrected chi connectivity index (χ0v) is 16.6. The van der Waals surface area contributed by atoms with Crippen molar-refractivity contribution in [3.8, 4) is 0 Å². The van der Waals surface area contributed by atoms with Crippen molar-refractivity contribution in [2.45, 2.75) is 57.3 Å². The van der Waals surface area contributed by atoms with Crippen LogP contribution in [0.2, 0.25) is 10.0 Å². The summed E-state index contributed by atoms with van der Waals surface area (Å²) >= 11 is 11.9. The highest BCUT2D eigenvalue weighted by molar-refractivity contribution is 6.42. The molecule has 0 saturated carbocycles. The molecule has 2 aliphatic heterocycles. The lowest BCUT2D eigenvalue weighted by molar-refractivity contribution is -0.119. The summed E-state index contributed by atoms with van der Waals surface area (Å²) in [5.41, 5.74) is 0.966. The Morgan fingerprint density at radius 3 is 2.79 bits per heavy atom. The number of aromatic nitrogens is 2. The van der Waals surface area contributed by atoms with Gasteiger partial charge in [0.25, 0.3) is 5.91 Å². The number of fused-ring (bicyclic) bond motifs is 3. The molecule has 1 unspecified atom stereocenters. The van der Waals surface area contributed by atoms with Gasteiger partial charge < -0.3 is 10.0 Å². The molecule has 2 aliphatic rings. The largest absolute Gasteiger partial charge is 0.386 e. The number of rotatable bonds is 1. The number of hydrogen-bond acceptors (Lipinski definition) is 3.